The Balaban J connectivity index is 2.19. The maximum Gasteiger partial charge on any atom is 0.223 e. The van der Waals surface area contributed by atoms with Crippen LogP contribution in [0.4, 0.5) is 0 Å². The van der Waals surface area contributed by atoms with Crippen molar-refractivity contribution >= 4 is 29.0 Å². The fourth-order valence-corrected chi connectivity index (χ4v) is 2.10. The second-order valence-electron chi connectivity index (χ2n) is 4.43. The zero-order valence-corrected chi connectivity index (χ0v) is 12.9. The molecule has 0 aliphatic rings. The van der Waals surface area contributed by atoms with Crippen molar-refractivity contribution in [2.24, 2.45) is 0 Å². The summed E-state index contributed by atoms with van der Waals surface area (Å²) in [6.45, 7) is 1.98. The van der Waals surface area contributed by atoms with Crippen LogP contribution in [-0.4, -0.2) is 21.9 Å². The summed E-state index contributed by atoms with van der Waals surface area (Å²) in [6, 6.07) is 4.91. The van der Waals surface area contributed by atoms with Crippen molar-refractivity contribution in [1.29, 1.82) is 0 Å². The van der Waals surface area contributed by atoms with E-state index in [1.54, 1.807) is 18.2 Å². The number of Topliss-reactive ketones (excluding diaryl/α,β-unsaturated/α-hetero) is 1. The molecular formula is C15H14Cl2N2O2. The number of hydrogen-bond donors (Lipinski definition) is 0. The fourth-order valence-electron chi connectivity index (χ4n) is 1.81. The largest absolute Gasteiger partial charge is 0.482 e. The fraction of sp³-hybridized carbons (Fsp3) is 0.267. The Kier molecular flexibility index (Phi) is 5.53. The second kappa shape index (κ2) is 7.38. The first-order valence-electron chi connectivity index (χ1n) is 6.53. The summed E-state index contributed by atoms with van der Waals surface area (Å²) >= 11 is 11.8. The molecule has 0 amide bonds. The standard InChI is InChI=1S/C15H14Cl2N2O2/c1-2-3-14(15(20)13-9-18-6-7-19-13)21-10-4-5-11(16)12(17)8-10/h4-9,14H,2-3H2,1H3. The third-order valence-corrected chi connectivity index (χ3v) is 3.57. The monoisotopic (exact) mass is 324 g/mol. The predicted octanol–water partition coefficient (Wildman–Crippen LogP) is 4.21. The molecule has 2 rings (SSSR count). The lowest BCUT2D eigenvalue weighted by molar-refractivity contribution is 0.0771. The normalized spacial score (nSPS) is 12.0. The minimum Gasteiger partial charge on any atom is -0.482 e. The highest BCUT2D eigenvalue weighted by atomic mass is 35.5. The van der Waals surface area contributed by atoms with Crippen molar-refractivity contribution in [2.45, 2.75) is 25.9 Å². The van der Waals surface area contributed by atoms with Gasteiger partial charge >= 0.3 is 0 Å². The molecular weight excluding hydrogens is 311 g/mol. The van der Waals surface area contributed by atoms with E-state index in [1.807, 2.05) is 6.92 Å². The topological polar surface area (TPSA) is 52.1 Å². The van der Waals surface area contributed by atoms with Crippen LogP contribution in [0.2, 0.25) is 10.0 Å². The quantitative estimate of drug-likeness (QED) is 0.747. The number of halogens is 2. The van der Waals surface area contributed by atoms with Crippen LogP contribution in [0.5, 0.6) is 5.75 Å². The van der Waals surface area contributed by atoms with E-state index in [0.717, 1.165) is 6.42 Å². The third kappa shape index (κ3) is 4.16. The molecule has 1 atom stereocenters. The van der Waals surface area contributed by atoms with Crippen LogP contribution < -0.4 is 4.74 Å². The van der Waals surface area contributed by atoms with E-state index < -0.39 is 6.10 Å². The average molecular weight is 325 g/mol. The first-order valence-corrected chi connectivity index (χ1v) is 7.29. The smallest absolute Gasteiger partial charge is 0.223 e. The van der Waals surface area contributed by atoms with Crippen LogP contribution in [0.1, 0.15) is 30.3 Å². The minimum absolute atomic E-state index is 0.198. The van der Waals surface area contributed by atoms with Crippen molar-refractivity contribution in [1.82, 2.24) is 9.97 Å². The predicted molar refractivity (Wildman–Crippen MR) is 82.1 cm³/mol. The van der Waals surface area contributed by atoms with Gasteiger partial charge in [0.05, 0.1) is 16.2 Å². The van der Waals surface area contributed by atoms with Crippen LogP contribution >= 0.6 is 23.2 Å². The van der Waals surface area contributed by atoms with Gasteiger partial charge in [-0.25, -0.2) is 4.98 Å². The number of ether oxygens (including phenoxy) is 1. The van der Waals surface area contributed by atoms with Crippen LogP contribution in [0, 0.1) is 0 Å². The summed E-state index contributed by atoms with van der Waals surface area (Å²) in [5, 5.41) is 0.827. The lowest BCUT2D eigenvalue weighted by Crippen LogP contribution is -2.28. The summed E-state index contributed by atoms with van der Waals surface area (Å²) in [5.74, 6) is 0.302. The van der Waals surface area contributed by atoms with Gasteiger partial charge in [-0.15, -0.1) is 0 Å². The first kappa shape index (κ1) is 15.7. The van der Waals surface area contributed by atoms with Crippen LogP contribution in [-0.2, 0) is 0 Å². The zero-order chi connectivity index (χ0) is 15.2. The molecule has 0 aliphatic carbocycles. The molecule has 1 heterocycles. The number of nitrogens with zero attached hydrogens (tertiary/aromatic N) is 2. The molecule has 1 unspecified atom stereocenters. The van der Waals surface area contributed by atoms with E-state index in [4.69, 9.17) is 27.9 Å². The molecule has 0 saturated heterocycles. The molecule has 0 saturated carbocycles. The maximum atomic E-state index is 12.4. The molecule has 21 heavy (non-hydrogen) atoms. The van der Waals surface area contributed by atoms with Gasteiger partial charge in [-0.1, -0.05) is 36.5 Å². The summed E-state index contributed by atoms with van der Waals surface area (Å²) in [7, 11) is 0. The van der Waals surface area contributed by atoms with Gasteiger partial charge in [0.15, 0.2) is 6.10 Å². The van der Waals surface area contributed by atoms with Gasteiger partial charge in [0.25, 0.3) is 0 Å². The SMILES string of the molecule is CCCC(Oc1ccc(Cl)c(Cl)c1)C(=O)c1cnccn1. The molecule has 0 bridgehead atoms. The van der Waals surface area contributed by atoms with Crippen molar-refractivity contribution in [3.8, 4) is 5.75 Å². The number of carbonyl (C=O) groups is 1. The van der Waals surface area contributed by atoms with Crippen molar-refractivity contribution in [3.05, 3.63) is 52.5 Å². The molecule has 0 fully saturated rings. The van der Waals surface area contributed by atoms with Gasteiger partial charge in [0, 0.05) is 18.5 Å². The lowest BCUT2D eigenvalue weighted by atomic mass is 10.1. The molecule has 4 nitrogen and oxygen atoms in total. The number of carbonyl (C=O) groups excluding carboxylic acids is 1. The van der Waals surface area contributed by atoms with Gasteiger partial charge in [-0.2, -0.15) is 0 Å². The Hall–Kier alpha value is -1.65. The molecule has 1 aromatic carbocycles. The number of benzene rings is 1. The lowest BCUT2D eigenvalue weighted by Gasteiger charge is -2.17. The van der Waals surface area contributed by atoms with E-state index in [-0.39, 0.29) is 11.5 Å². The van der Waals surface area contributed by atoms with Crippen molar-refractivity contribution in [2.75, 3.05) is 0 Å². The molecule has 2 aromatic rings. The van der Waals surface area contributed by atoms with Crippen molar-refractivity contribution < 1.29 is 9.53 Å². The van der Waals surface area contributed by atoms with E-state index >= 15 is 0 Å². The molecule has 6 heteroatoms. The highest BCUT2D eigenvalue weighted by Gasteiger charge is 2.22. The molecule has 0 radical (unpaired) electrons. The van der Waals surface area contributed by atoms with Crippen molar-refractivity contribution in [3.63, 3.8) is 0 Å². The van der Waals surface area contributed by atoms with Gasteiger partial charge in [-0.3, -0.25) is 9.78 Å². The van der Waals surface area contributed by atoms with Crippen LogP contribution in [0.25, 0.3) is 0 Å². The van der Waals surface area contributed by atoms with Gasteiger partial charge in [0.1, 0.15) is 11.4 Å². The molecule has 0 N–H and O–H groups in total. The van der Waals surface area contributed by atoms with Crippen LogP contribution in [0.3, 0.4) is 0 Å². The van der Waals surface area contributed by atoms with E-state index in [1.165, 1.54) is 18.6 Å². The highest BCUT2D eigenvalue weighted by Crippen LogP contribution is 2.27. The Morgan fingerprint density at radius 3 is 2.71 bits per heavy atom. The summed E-state index contributed by atoms with van der Waals surface area (Å²) in [4.78, 5) is 20.3. The Bertz CT molecular complexity index is 620. The minimum atomic E-state index is -0.621. The molecule has 0 spiro atoms. The second-order valence-corrected chi connectivity index (χ2v) is 5.24. The number of rotatable bonds is 6. The molecule has 0 aliphatic heterocycles. The highest BCUT2D eigenvalue weighted by molar-refractivity contribution is 6.42. The molecule has 110 valence electrons. The van der Waals surface area contributed by atoms with Gasteiger partial charge in [0.2, 0.25) is 5.78 Å². The van der Waals surface area contributed by atoms with E-state index in [9.17, 15) is 4.79 Å². The Morgan fingerprint density at radius 2 is 2.10 bits per heavy atom. The number of ketones is 1. The maximum absolute atomic E-state index is 12.4. The summed E-state index contributed by atoms with van der Waals surface area (Å²) < 4.78 is 5.75. The van der Waals surface area contributed by atoms with E-state index in [2.05, 4.69) is 9.97 Å². The van der Waals surface area contributed by atoms with Gasteiger partial charge in [-0.05, 0) is 18.6 Å². The Morgan fingerprint density at radius 1 is 1.29 bits per heavy atom. The zero-order valence-electron chi connectivity index (χ0n) is 11.4. The first-order chi connectivity index (χ1) is 10.1. The summed E-state index contributed by atoms with van der Waals surface area (Å²) in [6.07, 6.45) is 5.20. The number of aromatic nitrogens is 2. The van der Waals surface area contributed by atoms with E-state index in [0.29, 0.717) is 22.2 Å². The summed E-state index contributed by atoms with van der Waals surface area (Å²) in [5.41, 5.74) is 0.288. The molecule has 1 aromatic heterocycles. The number of hydrogen-bond acceptors (Lipinski definition) is 4. The van der Waals surface area contributed by atoms with Crippen LogP contribution in [0.15, 0.2) is 36.8 Å². The Labute approximate surface area is 133 Å². The third-order valence-electron chi connectivity index (χ3n) is 2.83. The average Bonchev–Trinajstić information content (AvgIpc) is 2.50. The van der Waals surface area contributed by atoms with Gasteiger partial charge < -0.3 is 4.74 Å².